The number of amides is 1. The number of hydrogen-bond acceptors (Lipinski definition) is 5. The fraction of sp³-hybridized carbons (Fsp3) is 0.667. The van der Waals surface area contributed by atoms with Crippen molar-refractivity contribution in [3.05, 3.63) is 29.8 Å². The van der Waals surface area contributed by atoms with Gasteiger partial charge in [0.05, 0.1) is 6.20 Å². The molecule has 0 saturated heterocycles. The average molecular weight is 358 g/mol. The van der Waals surface area contributed by atoms with Gasteiger partial charge in [-0.15, -0.1) is 5.10 Å². The SMILES string of the molecule is CCn1nccc1C(=O)N[C@@H]1CCC[C@@H]1Cn1cc(C2(O)CCC2)nn1. The largest absolute Gasteiger partial charge is 0.383 e. The van der Waals surface area contributed by atoms with Gasteiger partial charge in [-0.1, -0.05) is 11.6 Å². The molecular weight excluding hydrogens is 332 g/mol. The first kappa shape index (κ1) is 17.2. The topological polar surface area (TPSA) is 97.9 Å². The van der Waals surface area contributed by atoms with Gasteiger partial charge >= 0.3 is 0 Å². The Balaban J connectivity index is 1.40. The molecule has 2 aliphatic carbocycles. The number of carbonyl (C=O) groups is 1. The lowest BCUT2D eigenvalue weighted by molar-refractivity contribution is -0.0427. The van der Waals surface area contributed by atoms with Crippen LogP contribution in [-0.2, 0) is 18.7 Å². The maximum absolute atomic E-state index is 12.6. The average Bonchev–Trinajstić information content (AvgIpc) is 3.34. The summed E-state index contributed by atoms with van der Waals surface area (Å²) in [6.45, 7) is 3.36. The molecule has 2 saturated carbocycles. The van der Waals surface area contributed by atoms with Gasteiger partial charge in [-0.25, -0.2) is 0 Å². The molecule has 0 radical (unpaired) electrons. The van der Waals surface area contributed by atoms with Crippen molar-refractivity contribution in [3.63, 3.8) is 0 Å². The highest BCUT2D eigenvalue weighted by Gasteiger charge is 2.39. The minimum Gasteiger partial charge on any atom is -0.383 e. The highest BCUT2D eigenvalue weighted by molar-refractivity contribution is 5.92. The Morgan fingerprint density at radius 2 is 2.23 bits per heavy atom. The molecule has 4 rings (SSSR count). The van der Waals surface area contributed by atoms with E-state index in [9.17, 15) is 9.90 Å². The number of hydrogen-bond donors (Lipinski definition) is 2. The second kappa shape index (κ2) is 6.83. The molecule has 0 unspecified atom stereocenters. The highest BCUT2D eigenvalue weighted by Crippen LogP contribution is 2.39. The Hall–Kier alpha value is -2.22. The molecule has 8 heteroatoms. The van der Waals surface area contributed by atoms with Crippen LogP contribution in [0, 0.1) is 5.92 Å². The molecule has 8 nitrogen and oxygen atoms in total. The Bertz CT molecular complexity index is 778. The van der Waals surface area contributed by atoms with Crippen LogP contribution in [0.2, 0.25) is 0 Å². The van der Waals surface area contributed by atoms with E-state index in [1.54, 1.807) is 16.9 Å². The van der Waals surface area contributed by atoms with Crippen LogP contribution in [0.25, 0.3) is 0 Å². The van der Waals surface area contributed by atoms with Crippen LogP contribution >= 0.6 is 0 Å². The van der Waals surface area contributed by atoms with Crippen LogP contribution in [0.15, 0.2) is 18.5 Å². The van der Waals surface area contributed by atoms with Gasteiger partial charge in [0.25, 0.3) is 5.91 Å². The monoisotopic (exact) mass is 358 g/mol. The number of aryl methyl sites for hydroxylation is 1. The van der Waals surface area contributed by atoms with E-state index in [4.69, 9.17) is 0 Å². The number of nitrogens with zero attached hydrogens (tertiary/aromatic N) is 5. The molecule has 140 valence electrons. The summed E-state index contributed by atoms with van der Waals surface area (Å²) in [6.07, 6.45) is 9.20. The normalized spacial score (nSPS) is 24.4. The first-order chi connectivity index (χ1) is 12.6. The fourth-order valence-electron chi connectivity index (χ4n) is 4.07. The number of nitrogens with one attached hydrogen (secondary N) is 1. The van der Waals surface area contributed by atoms with Gasteiger partial charge in [0, 0.05) is 25.3 Å². The predicted molar refractivity (Wildman–Crippen MR) is 94.3 cm³/mol. The Morgan fingerprint density at radius 3 is 2.96 bits per heavy atom. The van der Waals surface area contributed by atoms with Crippen molar-refractivity contribution in [1.82, 2.24) is 30.1 Å². The van der Waals surface area contributed by atoms with Crippen LogP contribution < -0.4 is 5.32 Å². The summed E-state index contributed by atoms with van der Waals surface area (Å²) in [5, 5.41) is 26.1. The van der Waals surface area contributed by atoms with E-state index in [-0.39, 0.29) is 11.9 Å². The molecule has 1 amide bonds. The first-order valence-electron chi connectivity index (χ1n) is 9.55. The molecule has 2 N–H and O–H groups in total. The third kappa shape index (κ3) is 3.13. The lowest BCUT2D eigenvalue weighted by Gasteiger charge is -2.34. The van der Waals surface area contributed by atoms with Gasteiger partial charge in [-0.3, -0.25) is 14.2 Å². The van der Waals surface area contributed by atoms with Crippen molar-refractivity contribution in [1.29, 1.82) is 0 Å². The molecule has 2 aliphatic rings. The van der Waals surface area contributed by atoms with Crippen molar-refractivity contribution in [2.45, 2.75) is 70.2 Å². The van der Waals surface area contributed by atoms with Crippen LogP contribution in [0.5, 0.6) is 0 Å². The molecule has 0 bridgehead atoms. The van der Waals surface area contributed by atoms with Crippen molar-refractivity contribution in [2.24, 2.45) is 5.92 Å². The summed E-state index contributed by atoms with van der Waals surface area (Å²) >= 11 is 0. The third-order valence-corrected chi connectivity index (χ3v) is 5.84. The molecule has 2 heterocycles. The van der Waals surface area contributed by atoms with Crippen molar-refractivity contribution in [2.75, 3.05) is 0 Å². The van der Waals surface area contributed by atoms with E-state index in [0.29, 0.717) is 30.4 Å². The fourth-order valence-corrected chi connectivity index (χ4v) is 4.07. The van der Waals surface area contributed by atoms with Crippen molar-refractivity contribution < 1.29 is 9.90 Å². The zero-order valence-corrected chi connectivity index (χ0v) is 15.1. The van der Waals surface area contributed by atoms with E-state index < -0.39 is 5.60 Å². The molecule has 2 fully saturated rings. The van der Waals surface area contributed by atoms with E-state index >= 15 is 0 Å². The van der Waals surface area contributed by atoms with E-state index in [2.05, 4.69) is 20.7 Å². The van der Waals surface area contributed by atoms with Gasteiger partial charge < -0.3 is 10.4 Å². The lowest BCUT2D eigenvalue weighted by atomic mass is 9.78. The van der Waals surface area contributed by atoms with Crippen molar-refractivity contribution in [3.8, 4) is 0 Å². The molecule has 0 spiro atoms. The van der Waals surface area contributed by atoms with E-state index in [1.807, 2.05) is 17.8 Å². The summed E-state index contributed by atoms with van der Waals surface area (Å²) < 4.78 is 3.53. The summed E-state index contributed by atoms with van der Waals surface area (Å²) in [7, 11) is 0. The number of aromatic nitrogens is 5. The van der Waals surface area contributed by atoms with E-state index in [1.165, 1.54) is 0 Å². The maximum Gasteiger partial charge on any atom is 0.269 e. The van der Waals surface area contributed by atoms with Crippen LogP contribution in [-0.4, -0.2) is 41.8 Å². The summed E-state index contributed by atoms with van der Waals surface area (Å²) in [5.74, 6) is 0.256. The highest BCUT2D eigenvalue weighted by atomic mass is 16.3. The lowest BCUT2D eigenvalue weighted by Crippen LogP contribution is -2.39. The van der Waals surface area contributed by atoms with Gasteiger partial charge in [-0.2, -0.15) is 5.10 Å². The van der Waals surface area contributed by atoms with Gasteiger partial charge in [0.2, 0.25) is 0 Å². The zero-order valence-electron chi connectivity index (χ0n) is 15.1. The second-order valence-electron chi connectivity index (χ2n) is 7.51. The smallest absolute Gasteiger partial charge is 0.269 e. The summed E-state index contributed by atoms with van der Waals surface area (Å²) in [6, 6.07) is 1.88. The standard InChI is InChI=1S/C18H26N6O2/c1-2-24-15(7-10-19-24)17(25)20-14-6-3-5-13(14)11-23-12-16(21-22-23)18(26)8-4-9-18/h7,10,12-14,26H,2-6,8-9,11H2,1H3,(H,20,25)/t13-,14-/m1/s1. The molecule has 0 aromatic carbocycles. The van der Waals surface area contributed by atoms with E-state index in [0.717, 1.165) is 38.5 Å². The predicted octanol–water partition coefficient (Wildman–Crippen LogP) is 1.46. The van der Waals surface area contributed by atoms with Crippen LogP contribution in [0.3, 0.4) is 0 Å². The minimum atomic E-state index is -0.778. The molecule has 2 atom stereocenters. The zero-order chi connectivity index (χ0) is 18.1. The Morgan fingerprint density at radius 1 is 1.38 bits per heavy atom. The molecule has 2 aromatic rings. The van der Waals surface area contributed by atoms with Gasteiger partial charge in [0.1, 0.15) is 17.0 Å². The van der Waals surface area contributed by atoms with Gasteiger partial charge in [0.15, 0.2) is 0 Å². The molecule has 26 heavy (non-hydrogen) atoms. The Kier molecular flexibility index (Phi) is 4.52. The van der Waals surface area contributed by atoms with Crippen LogP contribution in [0.1, 0.15) is 61.6 Å². The Labute approximate surface area is 152 Å². The quantitative estimate of drug-likeness (QED) is 0.815. The summed E-state index contributed by atoms with van der Waals surface area (Å²) in [5.41, 5.74) is 0.502. The molecule has 0 aliphatic heterocycles. The number of rotatable bonds is 6. The van der Waals surface area contributed by atoms with Gasteiger partial charge in [-0.05, 0) is 51.0 Å². The summed E-state index contributed by atoms with van der Waals surface area (Å²) in [4.78, 5) is 12.6. The minimum absolute atomic E-state index is 0.0655. The number of carbonyl (C=O) groups excluding carboxylic acids is 1. The molecule has 2 aromatic heterocycles. The van der Waals surface area contributed by atoms with Crippen LogP contribution in [0.4, 0.5) is 0 Å². The molecular formula is C18H26N6O2. The number of aliphatic hydroxyl groups is 1. The third-order valence-electron chi connectivity index (χ3n) is 5.84. The second-order valence-corrected chi connectivity index (χ2v) is 7.51. The first-order valence-corrected chi connectivity index (χ1v) is 9.55. The van der Waals surface area contributed by atoms with Crippen molar-refractivity contribution >= 4 is 5.91 Å². The maximum atomic E-state index is 12.6.